The van der Waals surface area contributed by atoms with Crippen LogP contribution in [0.4, 0.5) is 0 Å². The molecular weight excluding hydrogens is 248 g/mol. The lowest BCUT2D eigenvalue weighted by molar-refractivity contribution is -0.136. The van der Waals surface area contributed by atoms with Crippen molar-refractivity contribution in [1.29, 1.82) is 0 Å². The predicted octanol–water partition coefficient (Wildman–Crippen LogP) is 2.01. The van der Waals surface area contributed by atoms with E-state index in [1.54, 1.807) is 0 Å². The van der Waals surface area contributed by atoms with Gasteiger partial charge in [0.25, 0.3) is 0 Å². The molecule has 1 amide bonds. The zero-order valence-electron chi connectivity index (χ0n) is 12.5. The van der Waals surface area contributed by atoms with Gasteiger partial charge >= 0.3 is 0 Å². The molecule has 3 heteroatoms. The average molecular weight is 274 g/mol. The van der Waals surface area contributed by atoms with Crippen LogP contribution in [0.1, 0.15) is 44.9 Å². The van der Waals surface area contributed by atoms with E-state index in [9.17, 15) is 4.79 Å². The normalized spacial score (nSPS) is 39.4. The van der Waals surface area contributed by atoms with Crippen LogP contribution >= 0.6 is 0 Å². The summed E-state index contributed by atoms with van der Waals surface area (Å²) in [5.41, 5.74) is 6.25. The van der Waals surface area contributed by atoms with E-state index in [2.05, 4.69) is 5.92 Å². The highest BCUT2D eigenvalue weighted by Crippen LogP contribution is 2.60. The molecule has 0 heterocycles. The molecule has 4 aliphatic rings. The van der Waals surface area contributed by atoms with Gasteiger partial charge in [-0.25, -0.2) is 0 Å². The van der Waals surface area contributed by atoms with Gasteiger partial charge in [0.1, 0.15) is 0 Å². The van der Waals surface area contributed by atoms with Gasteiger partial charge in [-0.1, -0.05) is 0 Å². The summed E-state index contributed by atoms with van der Waals surface area (Å²) in [5, 5.41) is 0. The first-order valence-corrected chi connectivity index (χ1v) is 7.95. The van der Waals surface area contributed by atoms with Crippen molar-refractivity contribution >= 4 is 5.91 Å². The average Bonchev–Trinajstić information content (AvgIpc) is 2.35. The zero-order chi connectivity index (χ0) is 14.3. The van der Waals surface area contributed by atoms with Crippen molar-refractivity contribution in [3.63, 3.8) is 0 Å². The molecule has 4 rings (SSSR count). The summed E-state index contributed by atoms with van der Waals surface area (Å²) in [6, 6.07) is -0.529. The molecule has 4 aliphatic carbocycles. The van der Waals surface area contributed by atoms with E-state index in [1.165, 1.54) is 38.5 Å². The number of likely N-dealkylation sites (N-methyl/N-ethyl adjacent to an activating group) is 1. The molecule has 3 nitrogen and oxygen atoms in total. The summed E-state index contributed by atoms with van der Waals surface area (Å²) >= 11 is 0. The highest BCUT2D eigenvalue weighted by atomic mass is 16.2. The summed E-state index contributed by atoms with van der Waals surface area (Å²) < 4.78 is 0. The van der Waals surface area contributed by atoms with Crippen LogP contribution in [0.2, 0.25) is 0 Å². The number of carbonyl (C=O) groups excluding carboxylic acids is 1. The smallest absolute Gasteiger partial charge is 0.240 e. The monoisotopic (exact) mass is 274 g/mol. The van der Waals surface area contributed by atoms with Gasteiger partial charge in [-0.2, -0.15) is 0 Å². The van der Waals surface area contributed by atoms with Crippen LogP contribution in [0.3, 0.4) is 0 Å². The molecule has 4 saturated carbocycles. The highest BCUT2D eigenvalue weighted by Gasteiger charge is 2.51. The first-order chi connectivity index (χ1) is 9.51. The number of hydrogen-bond acceptors (Lipinski definition) is 2. The van der Waals surface area contributed by atoms with Gasteiger partial charge < -0.3 is 10.6 Å². The van der Waals surface area contributed by atoms with Crippen molar-refractivity contribution in [2.75, 3.05) is 13.6 Å². The largest absolute Gasteiger partial charge is 0.344 e. The summed E-state index contributed by atoms with van der Waals surface area (Å²) in [6.45, 7) is 0.883. The van der Waals surface area contributed by atoms with Crippen molar-refractivity contribution in [3.05, 3.63) is 0 Å². The molecule has 0 aromatic carbocycles. The van der Waals surface area contributed by atoms with Gasteiger partial charge in [0.2, 0.25) is 5.91 Å². The maximum Gasteiger partial charge on any atom is 0.240 e. The van der Waals surface area contributed by atoms with Crippen molar-refractivity contribution in [1.82, 2.24) is 4.90 Å². The molecule has 1 unspecified atom stereocenters. The lowest BCUT2D eigenvalue weighted by Crippen LogP contribution is -2.53. The number of terminal acetylenes is 1. The topological polar surface area (TPSA) is 46.3 Å². The molecule has 0 radical (unpaired) electrons. The molecular formula is C17H26N2O. The molecule has 0 aromatic heterocycles. The van der Waals surface area contributed by atoms with Crippen LogP contribution in [0.15, 0.2) is 0 Å². The number of rotatable bonds is 4. The maximum atomic E-state index is 12.3. The number of hydrogen-bond donors (Lipinski definition) is 1. The van der Waals surface area contributed by atoms with Gasteiger partial charge in [0, 0.05) is 20.0 Å². The molecule has 2 N–H and O–H groups in total. The van der Waals surface area contributed by atoms with Crippen molar-refractivity contribution in [2.45, 2.75) is 51.0 Å². The minimum absolute atomic E-state index is 0.0127. The van der Waals surface area contributed by atoms with Crippen LogP contribution in [-0.2, 0) is 4.79 Å². The summed E-state index contributed by atoms with van der Waals surface area (Å²) in [7, 11) is 1.90. The van der Waals surface area contributed by atoms with E-state index in [4.69, 9.17) is 12.2 Å². The number of nitrogens with zero attached hydrogens (tertiary/aromatic N) is 1. The Hall–Kier alpha value is -1.01. The fourth-order valence-corrected chi connectivity index (χ4v) is 5.56. The Morgan fingerprint density at radius 2 is 1.80 bits per heavy atom. The fraction of sp³-hybridized carbons (Fsp3) is 0.824. The van der Waals surface area contributed by atoms with Crippen molar-refractivity contribution in [2.24, 2.45) is 28.9 Å². The Kier molecular flexibility index (Phi) is 3.54. The Bertz CT molecular complexity index is 401. The van der Waals surface area contributed by atoms with E-state index in [-0.39, 0.29) is 5.91 Å². The van der Waals surface area contributed by atoms with Crippen molar-refractivity contribution < 1.29 is 4.79 Å². The van der Waals surface area contributed by atoms with Crippen molar-refractivity contribution in [3.8, 4) is 12.3 Å². The Labute approximate surface area is 122 Å². The van der Waals surface area contributed by atoms with Gasteiger partial charge in [-0.3, -0.25) is 4.79 Å². The third-order valence-corrected chi connectivity index (χ3v) is 5.77. The Balaban J connectivity index is 1.65. The van der Waals surface area contributed by atoms with Gasteiger partial charge in [0.15, 0.2) is 0 Å². The van der Waals surface area contributed by atoms with Crippen LogP contribution < -0.4 is 5.73 Å². The quantitative estimate of drug-likeness (QED) is 0.797. The predicted molar refractivity (Wildman–Crippen MR) is 79.7 cm³/mol. The Morgan fingerprint density at radius 3 is 2.25 bits per heavy atom. The van der Waals surface area contributed by atoms with E-state index in [0.29, 0.717) is 11.8 Å². The lowest BCUT2D eigenvalue weighted by Gasteiger charge is -2.57. The molecule has 4 bridgehead atoms. The molecule has 0 aromatic rings. The highest BCUT2D eigenvalue weighted by molar-refractivity contribution is 5.81. The molecule has 0 aliphatic heterocycles. The Morgan fingerprint density at radius 1 is 1.30 bits per heavy atom. The minimum Gasteiger partial charge on any atom is -0.344 e. The van der Waals surface area contributed by atoms with Crippen LogP contribution in [0.25, 0.3) is 0 Å². The second-order valence-corrected chi connectivity index (χ2v) is 7.63. The molecule has 0 saturated heterocycles. The van der Waals surface area contributed by atoms with Gasteiger partial charge in [-0.05, 0) is 61.7 Å². The van der Waals surface area contributed by atoms with Gasteiger partial charge in [0.05, 0.1) is 6.04 Å². The first kappa shape index (κ1) is 13.9. The number of amides is 1. The molecule has 110 valence electrons. The standard InChI is InChI=1S/C17H26N2O/c1-3-4-15(18)16(20)19(2)11-17-8-12-5-13(9-17)7-14(6-12)10-17/h1,12-15H,4-11,18H2,2H3. The summed E-state index contributed by atoms with van der Waals surface area (Å²) in [4.78, 5) is 14.1. The van der Waals surface area contributed by atoms with Crippen LogP contribution in [-0.4, -0.2) is 30.4 Å². The van der Waals surface area contributed by atoms with E-state index < -0.39 is 6.04 Å². The third kappa shape index (κ3) is 2.46. The van der Waals surface area contributed by atoms with E-state index in [0.717, 1.165) is 24.3 Å². The molecule has 0 spiro atoms. The number of nitrogens with two attached hydrogens (primary N) is 1. The number of carbonyl (C=O) groups is 1. The minimum atomic E-state index is -0.529. The second kappa shape index (κ2) is 5.07. The van der Waals surface area contributed by atoms with Crippen LogP contribution in [0.5, 0.6) is 0 Å². The summed E-state index contributed by atoms with van der Waals surface area (Å²) in [5.74, 6) is 5.26. The zero-order valence-corrected chi connectivity index (χ0v) is 12.5. The molecule has 1 atom stereocenters. The van der Waals surface area contributed by atoms with Gasteiger partial charge in [-0.15, -0.1) is 12.3 Å². The third-order valence-electron chi connectivity index (χ3n) is 5.77. The molecule has 20 heavy (non-hydrogen) atoms. The fourth-order valence-electron chi connectivity index (χ4n) is 5.56. The molecule has 4 fully saturated rings. The maximum absolute atomic E-state index is 12.3. The van der Waals surface area contributed by atoms with Crippen LogP contribution in [0, 0.1) is 35.5 Å². The lowest BCUT2D eigenvalue weighted by atomic mass is 9.49. The SMILES string of the molecule is C#CCC(N)C(=O)N(C)CC12CC3CC(CC(C3)C1)C2. The van der Waals surface area contributed by atoms with E-state index in [1.807, 2.05) is 11.9 Å². The van der Waals surface area contributed by atoms with E-state index >= 15 is 0 Å². The summed E-state index contributed by atoms with van der Waals surface area (Å²) in [6.07, 6.45) is 13.9. The second-order valence-electron chi connectivity index (χ2n) is 7.63. The first-order valence-electron chi connectivity index (χ1n) is 7.95.